The van der Waals surface area contributed by atoms with Gasteiger partial charge in [0.25, 0.3) is 0 Å². The Morgan fingerprint density at radius 1 is 1.53 bits per heavy atom. The average Bonchev–Trinajstić information content (AvgIpc) is 2.19. The van der Waals surface area contributed by atoms with Crippen molar-refractivity contribution in [3.63, 3.8) is 0 Å². The van der Waals surface area contributed by atoms with E-state index in [1.165, 1.54) is 25.1 Å². The van der Waals surface area contributed by atoms with Crippen LogP contribution in [0.25, 0.3) is 0 Å². The number of amides is 1. The molecule has 1 aromatic carbocycles. The molecule has 0 aliphatic heterocycles. The number of hydrogen-bond acceptors (Lipinski definition) is 2. The van der Waals surface area contributed by atoms with Crippen LogP contribution < -0.4 is 5.32 Å². The number of carbonyl (C=O) groups excluding carboxylic acids is 1. The van der Waals surface area contributed by atoms with E-state index in [0.717, 1.165) is 0 Å². The van der Waals surface area contributed by atoms with E-state index in [4.69, 9.17) is 5.11 Å². The third kappa shape index (κ3) is 4.14. The summed E-state index contributed by atoms with van der Waals surface area (Å²) in [6.45, 7) is 1.30. The fraction of sp³-hybridized carbons (Fsp3) is 0.273. The maximum atomic E-state index is 13.0. The average molecular weight is 304 g/mol. The van der Waals surface area contributed by atoms with Gasteiger partial charge in [-0.25, -0.2) is 4.39 Å². The zero-order valence-electron chi connectivity index (χ0n) is 9.04. The van der Waals surface area contributed by atoms with E-state index in [9.17, 15) is 14.0 Å². The summed E-state index contributed by atoms with van der Waals surface area (Å²) in [5, 5.41) is 11.3. The van der Waals surface area contributed by atoms with Crippen molar-refractivity contribution in [2.24, 2.45) is 0 Å². The molecule has 2 N–H and O–H groups in total. The number of carbonyl (C=O) groups is 2. The minimum Gasteiger partial charge on any atom is -0.481 e. The van der Waals surface area contributed by atoms with Crippen LogP contribution in [-0.4, -0.2) is 17.0 Å². The Labute approximate surface area is 106 Å². The summed E-state index contributed by atoms with van der Waals surface area (Å²) >= 11 is 3.01. The highest BCUT2D eigenvalue weighted by Gasteiger charge is 2.17. The molecule has 1 unspecified atom stereocenters. The van der Waals surface area contributed by atoms with Crippen molar-refractivity contribution in [2.75, 3.05) is 0 Å². The fourth-order valence-corrected chi connectivity index (χ4v) is 1.80. The first-order valence-corrected chi connectivity index (χ1v) is 5.63. The zero-order valence-corrected chi connectivity index (χ0v) is 10.6. The van der Waals surface area contributed by atoms with E-state index >= 15 is 0 Å². The summed E-state index contributed by atoms with van der Waals surface area (Å²) in [7, 11) is 0. The number of nitrogens with one attached hydrogen (secondary N) is 1. The van der Waals surface area contributed by atoms with Gasteiger partial charge in [-0.3, -0.25) is 9.59 Å². The fourth-order valence-electron chi connectivity index (χ4n) is 1.40. The van der Waals surface area contributed by atoms with Crippen LogP contribution in [0.1, 0.15) is 24.9 Å². The smallest absolute Gasteiger partial charge is 0.305 e. The topological polar surface area (TPSA) is 66.4 Å². The molecule has 0 aromatic heterocycles. The second kappa shape index (κ2) is 5.77. The van der Waals surface area contributed by atoms with Gasteiger partial charge in [0.2, 0.25) is 5.91 Å². The molecule has 0 saturated heterocycles. The predicted octanol–water partition coefficient (Wildman–Crippen LogP) is 2.24. The number of carboxylic acids is 1. The van der Waals surface area contributed by atoms with Crippen LogP contribution in [0.2, 0.25) is 0 Å². The summed E-state index contributed by atoms with van der Waals surface area (Å²) < 4.78 is 13.3. The number of halogens is 2. The number of hydrogen-bond donors (Lipinski definition) is 2. The molecular weight excluding hydrogens is 293 g/mol. The lowest BCUT2D eigenvalue weighted by atomic mass is 10.0. The molecular formula is C11H11BrFNO3. The summed E-state index contributed by atoms with van der Waals surface area (Å²) in [4.78, 5) is 21.7. The molecule has 6 heteroatoms. The van der Waals surface area contributed by atoms with Gasteiger partial charge in [-0.1, -0.05) is 6.07 Å². The lowest BCUT2D eigenvalue weighted by Crippen LogP contribution is -2.28. The van der Waals surface area contributed by atoms with Crippen molar-refractivity contribution < 1.29 is 19.1 Å². The zero-order chi connectivity index (χ0) is 13.0. The molecule has 17 heavy (non-hydrogen) atoms. The largest absolute Gasteiger partial charge is 0.481 e. The number of carboxylic acid groups (broad SMARTS) is 1. The molecule has 0 saturated carbocycles. The third-order valence-corrected chi connectivity index (χ3v) is 2.71. The predicted molar refractivity (Wildman–Crippen MR) is 62.9 cm³/mol. The van der Waals surface area contributed by atoms with E-state index in [0.29, 0.717) is 5.56 Å². The Hall–Kier alpha value is -1.43. The third-order valence-electron chi connectivity index (χ3n) is 2.10. The van der Waals surface area contributed by atoms with Crippen LogP contribution in [0.5, 0.6) is 0 Å². The normalized spacial score (nSPS) is 11.9. The van der Waals surface area contributed by atoms with E-state index in [2.05, 4.69) is 21.2 Å². The SMILES string of the molecule is CC(=O)NC(CC(=O)O)c1ccc(F)c(Br)c1. The van der Waals surface area contributed by atoms with E-state index in [-0.39, 0.29) is 16.8 Å². The number of aliphatic carboxylic acids is 1. The molecule has 0 aliphatic carbocycles. The van der Waals surface area contributed by atoms with Gasteiger partial charge in [0, 0.05) is 6.92 Å². The number of benzene rings is 1. The summed E-state index contributed by atoms with van der Waals surface area (Å²) in [5.74, 6) is -1.81. The van der Waals surface area contributed by atoms with Gasteiger partial charge in [0.05, 0.1) is 16.9 Å². The monoisotopic (exact) mass is 303 g/mol. The molecule has 0 aliphatic rings. The molecule has 0 heterocycles. The maximum Gasteiger partial charge on any atom is 0.305 e. The van der Waals surface area contributed by atoms with Crippen molar-refractivity contribution >= 4 is 27.8 Å². The van der Waals surface area contributed by atoms with Crippen LogP contribution in [0, 0.1) is 5.82 Å². The van der Waals surface area contributed by atoms with Crippen molar-refractivity contribution in [3.05, 3.63) is 34.1 Å². The Balaban J connectivity index is 2.98. The maximum absolute atomic E-state index is 13.0. The minimum absolute atomic E-state index is 0.232. The van der Waals surface area contributed by atoms with Crippen molar-refractivity contribution in [1.82, 2.24) is 5.32 Å². The van der Waals surface area contributed by atoms with Gasteiger partial charge in [-0.05, 0) is 33.6 Å². The van der Waals surface area contributed by atoms with Crippen molar-refractivity contribution in [3.8, 4) is 0 Å². The second-order valence-electron chi connectivity index (χ2n) is 3.52. The Bertz CT molecular complexity index is 434. The van der Waals surface area contributed by atoms with Gasteiger partial charge in [0.1, 0.15) is 5.82 Å². The van der Waals surface area contributed by atoms with Crippen LogP contribution >= 0.6 is 15.9 Å². The highest BCUT2D eigenvalue weighted by Crippen LogP contribution is 2.23. The quantitative estimate of drug-likeness (QED) is 0.896. The summed E-state index contributed by atoms with van der Waals surface area (Å²) in [6.07, 6.45) is -0.252. The van der Waals surface area contributed by atoms with Gasteiger partial charge < -0.3 is 10.4 Å². The first kappa shape index (κ1) is 13.6. The van der Waals surface area contributed by atoms with Gasteiger partial charge in [-0.15, -0.1) is 0 Å². The highest BCUT2D eigenvalue weighted by molar-refractivity contribution is 9.10. The van der Waals surface area contributed by atoms with E-state index in [1.807, 2.05) is 0 Å². The van der Waals surface area contributed by atoms with E-state index < -0.39 is 17.8 Å². The molecule has 0 fully saturated rings. The highest BCUT2D eigenvalue weighted by atomic mass is 79.9. The first-order chi connectivity index (χ1) is 7.90. The first-order valence-electron chi connectivity index (χ1n) is 4.84. The Morgan fingerprint density at radius 2 is 2.18 bits per heavy atom. The second-order valence-corrected chi connectivity index (χ2v) is 4.38. The summed E-state index contributed by atoms with van der Waals surface area (Å²) in [5.41, 5.74) is 0.538. The van der Waals surface area contributed by atoms with E-state index in [1.54, 1.807) is 0 Å². The Morgan fingerprint density at radius 3 is 2.65 bits per heavy atom. The lowest BCUT2D eigenvalue weighted by Gasteiger charge is -2.16. The minimum atomic E-state index is -1.04. The molecule has 1 aromatic rings. The van der Waals surface area contributed by atoms with Gasteiger partial charge in [0.15, 0.2) is 0 Å². The van der Waals surface area contributed by atoms with Crippen LogP contribution in [-0.2, 0) is 9.59 Å². The van der Waals surface area contributed by atoms with Gasteiger partial charge in [-0.2, -0.15) is 0 Å². The van der Waals surface area contributed by atoms with Crippen LogP contribution in [0.4, 0.5) is 4.39 Å². The van der Waals surface area contributed by atoms with Crippen molar-refractivity contribution in [1.29, 1.82) is 0 Å². The standard InChI is InChI=1S/C11H11BrFNO3/c1-6(15)14-10(5-11(16)17)7-2-3-9(13)8(12)4-7/h2-4,10H,5H2,1H3,(H,14,15)(H,16,17). The summed E-state index contributed by atoms with van der Waals surface area (Å²) in [6, 6.07) is 3.46. The number of rotatable bonds is 4. The molecule has 92 valence electrons. The van der Waals surface area contributed by atoms with Crippen molar-refractivity contribution in [2.45, 2.75) is 19.4 Å². The van der Waals surface area contributed by atoms with Crippen LogP contribution in [0.3, 0.4) is 0 Å². The molecule has 1 atom stereocenters. The van der Waals surface area contributed by atoms with Crippen LogP contribution in [0.15, 0.2) is 22.7 Å². The lowest BCUT2D eigenvalue weighted by molar-refractivity contribution is -0.137. The molecule has 0 radical (unpaired) electrons. The molecule has 1 rings (SSSR count). The molecule has 1 amide bonds. The molecule has 0 bridgehead atoms. The molecule has 4 nitrogen and oxygen atoms in total. The van der Waals surface area contributed by atoms with Gasteiger partial charge >= 0.3 is 5.97 Å². The Kier molecular flexibility index (Phi) is 4.62. The molecule has 0 spiro atoms.